The highest BCUT2D eigenvalue weighted by Gasteiger charge is 2.12. The number of carbonyl (C=O) groups is 1. The lowest BCUT2D eigenvalue weighted by Gasteiger charge is -2.09. The lowest BCUT2D eigenvalue weighted by atomic mass is 10.0. The molecule has 14 heavy (non-hydrogen) atoms. The molecule has 0 aliphatic rings. The van der Waals surface area contributed by atoms with Gasteiger partial charge < -0.3 is 4.74 Å². The molecule has 3 heteroatoms. The van der Waals surface area contributed by atoms with Crippen molar-refractivity contribution in [2.75, 3.05) is 12.4 Å². The van der Waals surface area contributed by atoms with E-state index < -0.39 is 0 Å². The number of hydrogen-bond acceptors (Lipinski definition) is 2. The van der Waals surface area contributed by atoms with Gasteiger partial charge in [-0.3, -0.25) is 4.79 Å². The van der Waals surface area contributed by atoms with Crippen LogP contribution in [0.25, 0.3) is 0 Å². The van der Waals surface area contributed by atoms with Crippen LogP contribution in [-0.2, 0) is 0 Å². The van der Waals surface area contributed by atoms with Crippen LogP contribution in [0.2, 0.25) is 0 Å². The lowest BCUT2D eigenvalue weighted by Crippen LogP contribution is -2.04. The number of rotatable bonds is 3. The summed E-state index contributed by atoms with van der Waals surface area (Å²) >= 11 is 3.15. The van der Waals surface area contributed by atoms with Crippen molar-refractivity contribution in [1.82, 2.24) is 0 Å². The molecule has 0 saturated carbocycles. The molecule has 0 N–H and O–H groups in total. The van der Waals surface area contributed by atoms with Gasteiger partial charge in [-0.15, -0.1) is 0 Å². The van der Waals surface area contributed by atoms with Crippen LogP contribution in [0, 0.1) is 13.8 Å². The van der Waals surface area contributed by atoms with Crippen LogP contribution >= 0.6 is 15.9 Å². The molecule has 0 aliphatic heterocycles. The van der Waals surface area contributed by atoms with E-state index in [9.17, 15) is 4.79 Å². The van der Waals surface area contributed by atoms with E-state index in [-0.39, 0.29) is 5.78 Å². The first-order chi connectivity index (χ1) is 6.60. The predicted molar refractivity (Wildman–Crippen MR) is 60.6 cm³/mol. The Morgan fingerprint density at radius 1 is 1.36 bits per heavy atom. The monoisotopic (exact) mass is 256 g/mol. The summed E-state index contributed by atoms with van der Waals surface area (Å²) < 4.78 is 5.16. The van der Waals surface area contributed by atoms with Crippen molar-refractivity contribution < 1.29 is 9.53 Å². The van der Waals surface area contributed by atoms with Crippen molar-refractivity contribution in [3.05, 3.63) is 28.8 Å². The van der Waals surface area contributed by atoms with Gasteiger partial charge in [0.25, 0.3) is 0 Å². The fourth-order valence-corrected chi connectivity index (χ4v) is 1.55. The van der Waals surface area contributed by atoms with E-state index in [1.54, 1.807) is 7.11 Å². The number of Topliss-reactive ketones (excluding diaryl/α,β-unsaturated/α-hetero) is 1. The number of ketones is 1. The molecule has 0 unspecified atom stereocenters. The summed E-state index contributed by atoms with van der Waals surface area (Å²) in [5.74, 6) is 0.697. The van der Waals surface area contributed by atoms with Crippen LogP contribution in [0.1, 0.15) is 21.5 Å². The van der Waals surface area contributed by atoms with E-state index >= 15 is 0 Å². The fourth-order valence-electron chi connectivity index (χ4n) is 1.25. The Kier molecular flexibility index (Phi) is 3.69. The van der Waals surface area contributed by atoms with Crippen LogP contribution in [0.15, 0.2) is 12.1 Å². The van der Waals surface area contributed by atoms with E-state index in [0.29, 0.717) is 16.6 Å². The van der Waals surface area contributed by atoms with E-state index in [0.717, 1.165) is 11.1 Å². The molecule has 0 aliphatic carbocycles. The molecule has 0 atom stereocenters. The van der Waals surface area contributed by atoms with Gasteiger partial charge in [0.2, 0.25) is 0 Å². The second-order valence-corrected chi connectivity index (χ2v) is 3.75. The number of halogens is 1. The van der Waals surface area contributed by atoms with Gasteiger partial charge in [-0.25, -0.2) is 0 Å². The van der Waals surface area contributed by atoms with Gasteiger partial charge in [-0.2, -0.15) is 0 Å². The number of methoxy groups -OCH3 is 1. The van der Waals surface area contributed by atoms with Crippen molar-refractivity contribution in [2.24, 2.45) is 0 Å². The standard InChI is InChI=1S/C11H13BrO2/c1-7-4-9(10(13)6-12)11(14-3)5-8(7)2/h4-5H,6H2,1-3H3. The van der Waals surface area contributed by atoms with E-state index in [2.05, 4.69) is 15.9 Å². The third-order valence-corrected chi connectivity index (χ3v) is 2.75. The molecule has 0 heterocycles. The zero-order valence-electron chi connectivity index (χ0n) is 8.56. The second-order valence-electron chi connectivity index (χ2n) is 3.19. The molecule has 0 amide bonds. The van der Waals surface area contributed by atoms with Gasteiger partial charge in [0.15, 0.2) is 5.78 Å². The van der Waals surface area contributed by atoms with Crippen molar-refractivity contribution in [2.45, 2.75) is 13.8 Å². The minimum Gasteiger partial charge on any atom is -0.496 e. The minimum absolute atomic E-state index is 0.0463. The van der Waals surface area contributed by atoms with Crippen molar-refractivity contribution in [1.29, 1.82) is 0 Å². The Balaban J connectivity index is 3.27. The van der Waals surface area contributed by atoms with Crippen molar-refractivity contribution in [3.63, 3.8) is 0 Å². The molecule has 0 bridgehead atoms. The van der Waals surface area contributed by atoms with E-state index in [1.165, 1.54) is 0 Å². The van der Waals surface area contributed by atoms with Gasteiger partial charge >= 0.3 is 0 Å². The van der Waals surface area contributed by atoms with Crippen molar-refractivity contribution in [3.8, 4) is 5.75 Å². The Morgan fingerprint density at radius 3 is 2.43 bits per heavy atom. The lowest BCUT2D eigenvalue weighted by molar-refractivity contribution is 0.102. The van der Waals surface area contributed by atoms with Crippen LogP contribution in [0.5, 0.6) is 5.75 Å². The summed E-state index contributed by atoms with van der Waals surface area (Å²) in [7, 11) is 1.58. The summed E-state index contributed by atoms with van der Waals surface area (Å²) in [6.07, 6.45) is 0. The van der Waals surface area contributed by atoms with Gasteiger partial charge in [-0.1, -0.05) is 15.9 Å². The Hall–Kier alpha value is -0.830. The molecule has 76 valence electrons. The van der Waals surface area contributed by atoms with Gasteiger partial charge in [0, 0.05) is 0 Å². The molecule has 0 radical (unpaired) electrons. The summed E-state index contributed by atoms with van der Waals surface area (Å²) in [6.45, 7) is 3.99. The van der Waals surface area contributed by atoms with Gasteiger partial charge in [0.05, 0.1) is 18.0 Å². The fraction of sp³-hybridized carbons (Fsp3) is 0.364. The Labute approximate surface area is 92.4 Å². The first-order valence-corrected chi connectivity index (χ1v) is 5.46. The third kappa shape index (κ3) is 2.15. The number of carbonyl (C=O) groups excluding carboxylic acids is 1. The van der Waals surface area contributed by atoms with E-state index in [1.807, 2.05) is 26.0 Å². The number of ether oxygens (including phenoxy) is 1. The highest BCUT2D eigenvalue weighted by atomic mass is 79.9. The molecular weight excluding hydrogens is 244 g/mol. The van der Waals surface area contributed by atoms with Crippen LogP contribution in [-0.4, -0.2) is 18.2 Å². The highest BCUT2D eigenvalue weighted by molar-refractivity contribution is 9.09. The maximum atomic E-state index is 11.5. The van der Waals surface area contributed by atoms with Gasteiger partial charge in [0.1, 0.15) is 5.75 Å². The average molecular weight is 257 g/mol. The van der Waals surface area contributed by atoms with Crippen LogP contribution in [0.3, 0.4) is 0 Å². The minimum atomic E-state index is 0.0463. The zero-order chi connectivity index (χ0) is 10.7. The summed E-state index contributed by atoms with van der Waals surface area (Å²) in [5, 5.41) is 0.325. The zero-order valence-corrected chi connectivity index (χ0v) is 10.1. The number of hydrogen-bond donors (Lipinski definition) is 0. The number of benzene rings is 1. The molecule has 0 aromatic heterocycles. The first kappa shape index (κ1) is 11.2. The summed E-state index contributed by atoms with van der Waals surface area (Å²) in [5.41, 5.74) is 2.88. The average Bonchev–Trinajstić information content (AvgIpc) is 2.20. The number of alkyl halides is 1. The highest BCUT2D eigenvalue weighted by Crippen LogP contribution is 2.23. The SMILES string of the molecule is COc1cc(C)c(C)cc1C(=O)CBr. The number of aryl methyl sites for hydroxylation is 2. The Morgan fingerprint density at radius 2 is 1.93 bits per heavy atom. The normalized spacial score (nSPS) is 10.0. The smallest absolute Gasteiger partial charge is 0.177 e. The maximum Gasteiger partial charge on any atom is 0.177 e. The molecular formula is C11H13BrO2. The van der Waals surface area contributed by atoms with E-state index in [4.69, 9.17) is 4.74 Å². The molecule has 0 fully saturated rings. The quantitative estimate of drug-likeness (QED) is 0.614. The molecule has 1 rings (SSSR count). The predicted octanol–water partition coefficient (Wildman–Crippen LogP) is 2.89. The molecule has 0 spiro atoms. The molecule has 1 aromatic carbocycles. The maximum absolute atomic E-state index is 11.5. The molecule has 0 saturated heterocycles. The molecule has 2 nitrogen and oxygen atoms in total. The topological polar surface area (TPSA) is 26.3 Å². The van der Waals surface area contributed by atoms with Crippen molar-refractivity contribution >= 4 is 21.7 Å². The van der Waals surface area contributed by atoms with Crippen LogP contribution < -0.4 is 4.74 Å². The Bertz CT molecular complexity index is 359. The van der Waals surface area contributed by atoms with Crippen LogP contribution in [0.4, 0.5) is 0 Å². The largest absolute Gasteiger partial charge is 0.496 e. The summed E-state index contributed by atoms with van der Waals surface area (Å²) in [6, 6.07) is 3.77. The summed E-state index contributed by atoms with van der Waals surface area (Å²) in [4.78, 5) is 11.5. The first-order valence-electron chi connectivity index (χ1n) is 4.34. The molecule has 1 aromatic rings. The third-order valence-electron chi connectivity index (χ3n) is 2.24. The van der Waals surface area contributed by atoms with Gasteiger partial charge in [-0.05, 0) is 37.1 Å². The second kappa shape index (κ2) is 4.60.